The van der Waals surface area contributed by atoms with Gasteiger partial charge in [-0.15, -0.1) is 0 Å². The number of benzene rings is 3. The fourth-order valence-corrected chi connectivity index (χ4v) is 7.41. The van der Waals surface area contributed by atoms with Crippen molar-refractivity contribution in [2.75, 3.05) is 0 Å². The zero-order valence-corrected chi connectivity index (χ0v) is 23.3. The molecule has 5 rings (SSSR count). The van der Waals surface area contributed by atoms with E-state index in [0.29, 0.717) is 45.8 Å². The van der Waals surface area contributed by atoms with E-state index >= 15 is 0 Å². The van der Waals surface area contributed by atoms with Crippen molar-refractivity contribution < 1.29 is 56.1 Å². The van der Waals surface area contributed by atoms with Gasteiger partial charge in [-0.05, 0) is 0 Å². The quantitative estimate of drug-likeness (QED) is 0.275. The number of fused-ring (bicyclic) bond motifs is 6. The molecule has 0 bridgehead atoms. The van der Waals surface area contributed by atoms with Crippen LogP contribution in [-0.2, 0) is 36.5 Å². The number of carbonyl (C=O) groups excluding carboxylic acids is 1. The van der Waals surface area contributed by atoms with Gasteiger partial charge in [0.25, 0.3) is 0 Å². The molecule has 2 heterocycles. The molecule has 0 aliphatic carbocycles. The Bertz CT molecular complexity index is 1210. The molecule has 0 aromatic heterocycles. The van der Waals surface area contributed by atoms with E-state index in [1.54, 1.807) is 24.3 Å². The van der Waals surface area contributed by atoms with Crippen molar-refractivity contribution in [1.29, 1.82) is 0 Å². The van der Waals surface area contributed by atoms with E-state index in [0.717, 1.165) is 0 Å². The van der Waals surface area contributed by atoms with E-state index in [1.807, 2.05) is 12.1 Å². The topological polar surface area (TPSA) is 107 Å². The third-order valence-corrected chi connectivity index (χ3v) is 8.88. The Hall–Kier alpha value is -1.61. The number of phenols is 2. The number of phenolic OH excluding ortho intramolecular Hbond substituents is 2. The molecule has 1 atom stereocenters. The van der Waals surface area contributed by atoms with Gasteiger partial charge in [0.05, 0.1) is 0 Å². The van der Waals surface area contributed by atoms with Gasteiger partial charge >= 0.3 is 194 Å². The monoisotopic (exact) mass is 707 g/mol. The molecule has 9 heteroatoms. The van der Waals surface area contributed by atoms with Crippen LogP contribution >= 0.6 is 31.9 Å². The molecule has 3 aromatic carbocycles. The van der Waals surface area contributed by atoms with Crippen LogP contribution in [0.4, 0.5) is 0 Å². The Morgan fingerprint density at radius 1 is 0.966 bits per heavy atom. The Kier molecular flexibility index (Phi) is 4.96. The Labute approximate surface area is 198 Å². The summed E-state index contributed by atoms with van der Waals surface area (Å²) in [5.41, 5.74) is 1.21. The van der Waals surface area contributed by atoms with E-state index in [9.17, 15) is 15.0 Å². The maximum atomic E-state index is 12.8. The molecule has 0 radical (unpaired) electrons. The van der Waals surface area contributed by atoms with Gasteiger partial charge in [-0.25, -0.2) is 0 Å². The fraction of sp³-hybridized carbons (Fsp3) is 0.0500. The first kappa shape index (κ1) is 20.6. The Morgan fingerprint density at radius 3 is 2.41 bits per heavy atom. The average Bonchev–Trinajstić information content (AvgIpc) is 2.97. The molecule has 4 N–H and O–H groups in total. The zero-order chi connectivity index (χ0) is 19.8. The molecule has 1 spiro atoms. The van der Waals surface area contributed by atoms with Crippen LogP contribution in [0.15, 0.2) is 51.4 Å². The molecule has 2 aliphatic heterocycles. The van der Waals surface area contributed by atoms with Gasteiger partial charge < -0.3 is 5.48 Å². The molecule has 2 aliphatic rings. The molecule has 6 nitrogen and oxygen atoms in total. The number of halogens is 2. The van der Waals surface area contributed by atoms with Crippen molar-refractivity contribution in [2.24, 2.45) is 0 Å². The van der Waals surface area contributed by atoms with Gasteiger partial charge in [-0.1, -0.05) is 0 Å². The van der Waals surface area contributed by atoms with Crippen LogP contribution in [0, 0.1) is 0 Å². The first-order valence-corrected chi connectivity index (χ1v) is 12.6. The van der Waals surface area contributed by atoms with Gasteiger partial charge in [0.15, 0.2) is 0 Å². The molecule has 1 unspecified atom stereocenters. The minimum absolute atomic E-state index is 0. The van der Waals surface area contributed by atoms with Crippen molar-refractivity contribution in [2.45, 2.75) is 5.60 Å². The second-order valence-electron chi connectivity index (χ2n) is 6.58. The Balaban J connectivity index is 0.00000205. The standard InChI is InChI=1S/C20H9Br2O5.Hg.H2O/c21-13-5-11-17(7-15(13)23)26-18-8-16(24)14(22)6-12(18)20(11)10-4-2-1-3-9(10)19(25)27-20;;/h1-7,23-24H;;1H2. The van der Waals surface area contributed by atoms with Crippen LogP contribution in [-0.4, -0.2) is 21.7 Å². The normalized spacial score (nSPS) is 18.3. The number of rotatable bonds is 0. The zero-order valence-electron chi connectivity index (χ0n) is 14.6. The van der Waals surface area contributed by atoms with Gasteiger partial charge in [0.2, 0.25) is 0 Å². The van der Waals surface area contributed by atoms with Gasteiger partial charge in [0.1, 0.15) is 0 Å². The minimum atomic E-state index is -1.23. The Morgan fingerprint density at radius 2 is 1.66 bits per heavy atom. The predicted molar refractivity (Wildman–Crippen MR) is 107 cm³/mol. The summed E-state index contributed by atoms with van der Waals surface area (Å²) in [7, 11) is 0. The SMILES string of the molecule is O.O=C1OC2(c3cc(Br)c(O)cc3Oc3c2cc(Br)c(O)[c]3[Hg])c2ccccc21. The van der Waals surface area contributed by atoms with Crippen LogP contribution < -0.4 is 7.81 Å². The van der Waals surface area contributed by atoms with Crippen molar-refractivity contribution >= 4 is 40.9 Å². The molecule has 29 heavy (non-hydrogen) atoms. The summed E-state index contributed by atoms with van der Waals surface area (Å²) in [6.07, 6.45) is 0. The van der Waals surface area contributed by atoms with Crippen molar-refractivity contribution in [1.82, 2.24) is 0 Å². The van der Waals surface area contributed by atoms with Crippen LogP contribution in [0.3, 0.4) is 0 Å². The first-order chi connectivity index (χ1) is 13.3. The molecule has 0 amide bonds. The van der Waals surface area contributed by atoms with E-state index in [2.05, 4.69) is 31.9 Å². The van der Waals surface area contributed by atoms with Gasteiger partial charge in [-0.2, -0.15) is 0 Å². The number of hydrogen-bond acceptors (Lipinski definition) is 5. The number of hydrogen-bond donors (Lipinski definition) is 2. The number of esters is 1. The summed E-state index contributed by atoms with van der Waals surface area (Å²) in [4.78, 5) is 12.8. The third kappa shape index (κ3) is 2.69. The summed E-state index contributed by atoms with van der Waals surface area (Å²) in [6.45, 7) is 0. The summed E-state index contributed by atoms with van der Waals surface area (Å²) in [6, 6.07) is 12.2. The van der Waals surface area contributed by atoms with Crippen molar-refractivity contribution in [3.8, 4) is 23.0 Å². The van der Waals surface area contributed by atoms with Crippen LogP contribution in [0.1, 0.15) is 27.0 Å². The summed E-state index contributed by atoms with van der Waals surface area (Å²) < 4.78 is 13.8. The van der Waals surface area contributed by atoms with Gasteiger partial charge in [0, 0.05) is 0 Å². The summed E-state index contributed by atoms with van der Waals surface area (Å²) in [5.74, 6) is 0.562. The van der Waals surface area contributed by atoms with Gasteiger partial charge in [-0.3, -0.25) is 0 Å². The van der Waals surface area contributed by atoms with Crippen LogP contribution in [0.2, 0.25) is 0 Å². The molecular weight excluding hydrogens is 697 g/mol. The summed E-state index contributed by atoms with van der Waals surface area (Å²) >= 11 is 6.78. The predicted octanol–water partition coefficient (Wildman–Crippen LogP) is 3.54. The van der Waals surface area contributed by atoms with E-state index in [-0.39, 0.29) is 43.1 Å². The summed E-state index contributed by atoms with van der Waals surface area (Å²) in [5, 5.41) is 20.6. The number of aromatic hydroxyl groups is 2. The number of ether oxygens (including phenoxy) is 2. The maximum absolute atomic E-state index is 12.8. The first-order valence-electron chi connectivity index (χ1n) is 8.26. The van der Waals surface area contributed by atoms with E-state index in [1.165, 1.54) is 6.07 Å². The molecule has 0 saturated carbocycles. The van der Waals surface area contributed by atoms with E-state index in [4.69, 9.17) is 9.47 Å². The van der Waals surface area contributed by atoms with Crippen molar-refractivity contribution in [3.05, 3.63) is 73.7 Å². The third-order valence-electron chi connectivity index (χ3n) is 5.09. The second kappa shape index (κ2) is 6.97. The molecule has 143 valence electrons. The number of carbonyl (C=O) groups is 1. The molecular formula is C20H11Br2HgO6. The molecule has 3 aromatic rings. The second-order valence-corrected chi connectivity index (χ2v) is 11.0. The fourth-order valence-electron chi connectivity index (χ4n) is 3.83. The van der Waals surface area contributed by atoms with Crippen LogP contribution in [0.25, 0.3) is 0 Å². The molecule has 0 fully saturated rings. The van der Waals surface area contributed by atoms with E-state index < -0.39 is 11.6 Å². The van der Waals surface area contributed by atoms with Crippen LogP contribution in [0.5, 0.6) is 23.0 Å². The average molecular weight is 708 g/mol. The van der Waals surface area contributed by atoms with Crippen molar-refractivity contribution in [3.63, 3.8) is 0 Å². The molecule has 0 saturated heterocycles.